The van der Waals surface area contributed by atoms with Gasteiger partial charge >= 0.3 is 12.1 Å². The van der Waals surface area contributed by atoms with Gasteiger partial charge in [-0.2, -0.15) is 13.2 Å². The number of esters is 1. The molecule has 1 rings (SSSR count). The van der Waals surface area contributed by atoms with Crippen LogP contribution in [0.3, 0.4) is 0 Å². The minimum atomic E-state index is -4.73. The van der Waals surface area contributed by atoms with E-state index in [1.54, 1.807) is 18.2 Å². The fourth-order valence-electron chi connectivity index (χ4n) is 1.52. The molecule has 0 spiro atoms. The van der Waals surface area contributed by atoms with Gasteiger partial charge in [0.1, 0.15) is 5.57 Å². The molecule has 0 radical (unpaired) electrons. The molecule has 0 aliphatic rings. The molecule has 1 aromatic carbocycles. The second kappa shape index (κ2) is 5.71. The highest BCUT2D eigenvalue weighted by molar-refractivity contribution is 5.98. The summed E-state index contributed by atoms with van der Waals surface area (Å²) in [4.78, 5) is 11.4. The van der Waals surface area contributed by atoms with E-state index in [-0.39, 0.29) is 12.2 Å². The maximum Gasteiger partial charge on any atom is 0.423 e. The lowest BCUT2D eigenvalue weighted by Crippen LogP contribution is -2.23. The summed E-state index contributed by atoms with van der Waals surface area (Å²) in [6.45, 7) is 2.62. The Bertz CT molecular complexity index is 447. The normalized spacial score (nSPS) is 12.9. The van der Waals surface area contributed by atoms with E-state index in [0.29, 0.717) is 5.56 Å². The van der Waals surface area contributed by atoms with Crippen molar-refractivity contribution in [3.8, 4) is 0 Å². The number of alkyl halides is 3. The van der Waals surface area contributed by atoms with Crippen LogP contribution < -0.4 is 0 Å². The molecule has 0 N–H and O–H groups in total. The second-order valence-electron chi connectivity index (χ2n) is 3.58. The van der Waals surface area contributed by atoms with Crippen LogP contribution in [0.2, 0.25) is 0 Å². The summed E-state index contributed by atoms with van der Waals surface area (Å²) < 4.78 is 43.1. The van der Waals surface area contributed by atoms with Crippen molar-refractivity contribution >= 4 is 11.5 Å². The molecular formula is C13H13F3O2. The third-order valence-corrected chi connectivity index (χ3v) is 2.34. The van der Waals surface area contributed by atoms with E-state index in [4.69, 9.17) is 0 Å². The molecule has 0 aromatic heterocycles. The molecule has 0 aliphatic carbocycles. The summed E-state index contributed by atoms with van der Waals surface area (Å²) in [7, 11) is 0. The van der Waals surface area contributed by atoms with E-state index in [1.807, 2.05) is 0 Å². The summed E-state index contributed by atoms with van der Waals surface area (Å²) in [5.74, 6) is -1.34. The first-order valence-corrected chi connectivity index (χ1v) is 5.38. The summed E-state index contributed by atoms with van der Waals surface area (Å²) in [6, 6.07) is 7.94. The van der Waals surface area contributed by atoms with Crippen molar-refractivity contribution < 1.29 is 22.7 Å². The molecule has 0 aliphatic heterocycles. The molecule has 0 heterocycles. The average Bonchev–Trinajstić information content (AvgIpc) is 2.28. The quantitative estimate of drug-likeness (QED) is 0.611. The van der Waals surface area contributed by atoms with Crippen LogP contribution in [0.4, 0.5) is 13.2 Å². The summed E-state index contributed by atoms with van der Waals surface area (Å²) in [6.07, 6.45) is -4.73. The molecule has 0 saturated carbocycles. The van der Waals surface area contributed by atoms with Gasteiger partial charge in [-0.25, -0.2) is 4.79 Å². The van der Waals surface area contributed by atoms with Crippen molar-refractivity contribution in [3.63, 3.8) is 0 Å². The van der Waals surface area contributed by atoms with E-state index >= 15 is 0 Å². The van der Waals surface area contributed by atoms with Gasteiger partial charge in [-0.05, 0) is 25.0 Å². The highest BCUT2D eigenvalue weighted by Crippen LogP contribution is 2.33. The first-order valence-electron chi connectivity index (χ1n) is 5.38. The van der Waals surface area contributed by atoms with Gasteiger partial charge in [0.05, 0.1) is 6.61 Å². The number of carbonyl (C=O) groups is 1. The number of benzene rings is 1. The lowest BCUT2D eigenvalue weighted by Gasteiger charge is -2.14. The maximum absolute atomic E-state index is 12.9. The second-order valence-corrected chi connectivity index (χ2v) is 3.58. The third-order valence-electron chi connectivity index (χ3n) is 2.34. The number of halogens is 3. The van der Waals surface area contributed by atoms with Crippen LogP contribution in [0, 0.1) is 0 Å². The van der Waals surface area contributed by atoms with Crippen LogP contribution in [0.1, 0.15) is 19.4 Å². The third kappa shape index (κ3) is 3.35. The number of ether oxygens (including phenoxy) is 1. The van der Waals surface area contributed by atoms with Gasteiger partial charge in [0.2, 0.25) is 0 Å². The Morgan fingerprint density at radius 1 is 1.22 bits per heavy atom. The van der Waals surface area contributed by atoms with E-state index < -0.39 is 17.7 Å². The van der Waals surface area contributed by atoms with Crippen LogP contribution in [0.5, 0.6) is 0 Å². The predicted octanol–water partition coefficient (Wildman–Crippen LogP) is 3.59. The Morgan fingerprint density at radius 3 is 2.22 bits per heavy atom. The molecule has 2 nitrogen and oxygen atoms in total. The topological polar surface area (TPSA) is 26.3 Å². The number of rotatable bonds is 3. The number of hydrogen-bond acceptors (Lipinski definition) is 2. The zero-order valence-electron chi connectivity index (χ0n) is 10.0. The fourth-order valence-corrected chi connectivity index (χ4v) is 1.52. The van der Waals surface area contributed by atoms with Crippen molar-refractivity contribution in [1.29, 1.82) is 0 Å². The van der Waals surface area contributed by atoms with Crippen LogP contribution in [0.15, 0.2) is 35.9 Å². The molecule has 0 fully saturated rings. The van der Waals surface area contributed by atoms with Crippen molar-refractivity contribution in [2.24, 2.45) is 0 Å². The minimum absolute atomic E-state index is 0.0967. The molecule has 5 heteroatoms. The summed E-state index contributed by atoms with van der Waals surface area (Å²) in [5, 5.41) is 0. The highest BCUT2D eigenvalue weighted by atomic mass is 19.4. The number of allylic oxidation sites excluding steroid dienone is 1. The van der Waals surface area contributed by atoms with Gasteiger partial charge < -0.3 is 4.74 Å². The molecule has 0 saturated heterocycles. The Morgan fingerprint density at radius 2 is 1.78 bits per heavy atom. The molecule has 18 heavy (non-hydrogen) atoms. The van der Waals surface area contributed by atoms with E-state index in [2.05, 4.69) is 4.74 Å². The first-order chi connectivity index (χ1) is 8.38. The van der Waals surface area contributed by atoms with Crippen molar-refractivity contribution in [1.82, 2.24) is 0 Å². The lowest BCUT2D eigenvalue weighted by molar-refractivity contribution is -0.150. The Hall–Kier alpha value is -1.78. The van der Waals surface area contributed by atoms with Gasteiger partial charge in [0.15, 0.2) is 0 Å². The first kappa shape index (κ1) is 14.3. The smallest absolute Gasteiger partial charge is 0.423 e. The van der Waals surface area contributed by atoms with Crippen LogP contribution >= 0.6 is 0 Å². The Kier molecular flexibility index (Phi) is 4.53. The standard InChI is InChI=1S/C13H13F3O2/c1-3-18-12(17)11(13(14,15)16)9(2)10-7-5-4-6-8-10/h4-8H,3H2,1-2H3/b11-9-. The molecule has 0 amide bonds. The van der Waals surface area contributed by atoms with Gasteiger partial charge in [0, 0.05) is 0 Å². The molecule has 0 bridgehead atoms. The average molecular weight is 258 g/mol. The maximum atomic E-state index is 12.9. The van der Waals surface area contributed by atoms with Gasteiger partial charge in [-0.3, -0.25) is 0 Å². The fraction of sp³-hybridized carbons (Fsp3) is 0.308. The van der Waals surface area contributed by atoms with Crippen LogP contribution in [-0.2, 0) is 9.53 Å². The van der Waals surface area contributed by atoms with Gasteiger partial charge in [-0.1, -0.05) is 30.3 Å². The highest BCUT2D eigenvalue weighted by Gasteiger charge is 2.41. The van der Waals surface area contributed by atoms with E-state index in [0.717, 1.165) is 0 Å². The van der Waals surface area contributed by atoms with Crippen LogP contribution in [0.25, 0.3) is 5.57 Å². The number of carbonyl (C=O) groups excluding carboxylic acids is 1. The van der Waals surface area contributed by atoms with Crippen molar-refractivity contribution in [2.75, 3.05) is 6.61 Å². The van der Waals surface area contributed by atoms with Crippen molar-refractivity contribution in [3.05, 3.63) is 41.5 Å². The van der Waals surface area contributed by atoms with Crippen LogP contribution in [-0.4, -0.2) is 18.8 Å². The SMILES string of the molecule is CCOC(=O)/C(=C(\C)c1ccccc1)C(F)(F)F. The predicted molar refractivity (Wildman–Crippen MR) is 61.7 cm³/mol. The summed E-state index contributed by atoms with van der Waals surface area (Å²) in [5.41, 5.74) is -1.05. The lowest BCUT2D eigenvalue weighted by atomic mass is 10.0. The van der Waals surface area contributed by atoms with Gasteiger partial charge in [0.25, 0.3) is 0 Å². The molecule has 98 valence electrons. The van der Waals surface area contributed by atoms with Crippen molar-refractivity contribution in [2.45, 2.75) is 20.0 Å². The monoisotopic (exact) mass is 258 g/mol. The Labute approximate surface area is 103 Å². The largest absolute Gasteiger partial charge is 0.462 e. The molecule has 0 atom stereocenters. The zero-order valence-corrected chi connectivity index (χ0v) is 10.0. The molecular weight excluding hydrogens is 245 g/mol. The Balaban J connectivity index is 3.29. The van der Waals surface area contributed by atoms with Gasteiger partial charge in [-0.15, -0.1) is 0 Å². The van der Waals surface area contributed by atoms with E-state index in [9.17, 15) is 18.0 Å². The molecule has 0 unspecified atom stereocenters. The zero-order chi connectivity index (χ0) is 13.8. The van der Waals surface area contributed by atoms with E-state index in [1.165, 1.54) is 26.0 Å². The summed E-state index contributed by atoms with van der Waals surface area (Å²) >= 11 is 0. The molecule has 1 aromatic rings. The minimum Gasteiger partial charge on any atom is -0.462 e. The number of hydrogen-bond donors (Lipinski definition) is 0.